The molecule has 0 aliphatic carbocycles. The quantitative estimate of drug-likeness (QED) is 0.722. The van der Waals surface area contributed by atoms with Gasteiger partial charge in [-0.25, -0.2) is 9.97 Å². The summed E-state index contributed by atoms with van der Waals surface area (Å²) in [6.45, 7) is 0.919. The Kier molecular flexibility index (Phi) is 1.43. The SMILES string of the molecule is C1=NC2CCNc3ncnc4ccc1c2c34. The van der Waals surface area contributed by atoms with Crippen LogP contribution in [-0.4, -0.2) is 22.7 Å². The molecule has 16 heavy (non-hydrogen) atoms. The van der Waals surface area contributed by atoms with E-state index in [0.717, 1.165) is 29.7 Å². The number of hydrogen-bond acceptors (Lipinski definition) is 4. The molecule has 1 unspecified atom stereocenters. The maximum Gasteiger partial charge on any atom is 0.137 e. The Balaban J connectivity index is 2.21. The Morgan fingerprint density at radius 3 is 3.25 bits per heavy atom. The summed E-state index contributed by atoms with van der Waals surface area (Å²) < 4.78 is 0. The van der Waals surface area contributed by atoms with Crippen LogP contribution in [0.25, 0.3) is 10.9 Å². The smallest absolute Gasteiger partial charge is 0.137 e. The molecule has 0 radical (unpaired) electrons. The van der Waals surface area contributed by atoms with Gasteiger partial charge in [-0.1, -0.05) is 6.07 Å². The molecule has 0 amide bonds. The van der Waals surface area contributed by atoms with Crippen molar-refractivity contribution in [3.63, 3.8) is 0 Å². The fourth-order valence-corrected chi connectivity index (χ4v) is 2.59. The Labute approximate surface area is 92.4 Å². The molecule has 0 saturated carbocycles. The van der Waals surface area contributed by atoms with E-state index in [0.29, 0.717) is 6.04 Å². The standard InChI is InChI=1S/C12H10N4/c1-2-8-11-10-7(1)5-14-9(10)3-4-13-12(11)16-6-15-8/h1-2,5-6,9H,3-4H2,(H,13,15,16). The van der Waals surface area contributed by atoms with E-state index in [9.17, 15) is 0 Å². The van der Waals surface area contributed by atoms with Gasteiger partial charge in [-0.2, -0.15) is 0 Å². The molecule has 0 bridgehead atoms. The molecule has 0 spiro atoms. The van der Waals surface area contributed by atoms with E-state index in [-0.39, 0.29) is 0 Å². The van der Waals surface area contributed by atoms with Crippen molar-refractivity contribution >= 4 is 22.9 Å². The number of anilines is 1. The third-order valence-electron chi connectivity index (χ3n) is 3.31. The number of nitrogens with zero attached hydrogens (tertiary/aromatic N) is 3. The van der Waals surface area contributed by atoms with Gasteiger partial charge in [0, 0.05) is 18.1 Å². The van der Waals surface area contributed by atoms with Crippen molar-refractivity contribution in [1.29, 1.82) is 0 Å². The summed E-state index contributed by atoms with van der Waals surface area (Å²) in [5.74, 6) is 0.954. The van der Waals surface area contributed by atoms with Crippen molar-refractivity contribution in [1.82, 2.24) is 9.97 Å². The average Bonchev–Trinajstić information content (AvgIpc) is 2.64. The summed E-state index contributed by atoms with van der Waals surface area (Å²) in [6, 6.07) is 4.43. The largest absolute Gasteiger partial charge is 0.369 e. The number of benzene rings is 1. The van der Waals surface area contributed by atoms with E-state index >= 15 is 0 Å². The number of aromatic nitrogens is 2. The van der Waals surface area contributed by atoms with Gasteiger partial charge in [0.05, 0.1) is 11.6 Å². The van der Waals surface area contributed by atoms with Crippen LogP contribution in [0.15, 0.2) is 23.5 Å². The molecule has 4 rings (SSSR count). The van der Waals surface area contributed by atoms with Crippen molar-refractivity contribution < 1.29 is 0 Å². The molecular formula is C12H10N4. The van der Waals surface area contributed by atoms with Gasteiger partial charge in [-0.15, -0.1) is 0 Å². The number of aliphatic imine (C=N–C) groups is 1. The molecule has 4 heteroatoms. The van der Waals surface area contributed by atoms with Gasteiger partial charge in [0.2, 0.25) is 0 Å². The Morgan fingerprint density at radius 2 is 2.25 bits per heavy atom. The third-order valence-corrected chi connectivity index (χ3v) is 3.31. The number of rotatable bonds is 0. The van der Waals surface area contributed by atoms with Crippen LogP contribution >= 0.6 is 0 Å². The Hall–Kier alpha value is -1.97. The van der Waals surface area contributed by atoms with Crippen molar-refractivity contribution in [3.8, 4) is 0 Å². The van der Waals surface area contributed by atoms with Crippen LogP contribution in [-0.2, 0) is 0 Å². The lowest BCUT2D eigenvalue weighted by Gasteiger charge is -2.08. The lowest BCUT2D eigenvalue weighted by Crippen LogP contribution is -2.02. The third kappa shape index (κ3) is 0.913. The number of nitrogens with one attached hydrogen (secondary N) is 1. The van der Waals surface area contributed by atoms with Gasteiger partial charge in [0.25, 0.3) is 0 Å². The maximum absolute atomic E-state index is 4.56. The molecule has 1 atom stereocenters. The predicted octanol–water partition coefficient (Wildman–Crippen LogP) is 1.92. The molecular weight excluding hydrogens is 200 g/mol. The van der Waals surface area contributed by atoms with E-state index < -0.39 is 0 Å². The zero-order valence-electron chi connectivity index (χ0n) is 8.64. The average molecular weight is 210 g/mol. The van der Waals surface area contributed by atoms with Gasteiger partial charge < -0.3 is 5.32 Å². The van der Waals surface area contributed by atoms with Crippen LogP contribution < -0.4 is 5.32 Å². The summed E-state index contributed by atoms with van der Waals surface area (Å²) in [7, 11) is 0. The van der Waals surface area contributed by atoms with E-state index in [2.05, 4.69) is 26.3 Å². The van der Waals surface area contributed by atoms with E-state index in [4.69, 9.17) is 0 Å². The lowest BCUT2D eigenvalue weighted by molar-refractivity contribution is 0.702. The predicted molar refractivity (Wildman–Crippen MR) is 63.0 cm³/mol. The van der Waals surface area contributed by atoms with Crippen LogP contribution in [0, 0.1) is 0 Å². The normalized spacial score (nSPS) is 20.9. The zero-order chi connectivity index (χ0) is 10.5. The first kappa shape index (κ1) is 8.21. The summed E-state index contributed by atoms with van der Waals surface area (Å²) in [5.41, 5.74) is 3.53. The molecule has 2 aliphatic heterocycles. The minimum atomic E-state index is 0.290. The van der Waals surface area contributed by atoms with Crippen molar-refractivity contribution in [2.75, 3.05) is 11.9 Å². The molecule has 4 nitrogen and oxygen atoms in total. The van der Waals surface area contributed by atoms with Gasteiger partial charge >= 0.3 is 0 Å². The van der Waals surface area contributed by atoms with E-state index in [1.165, 1.54) is 11.1 Å². The highest BCUT2D eigenvalue weighted by Crippen LogP contribution is 2.39. The highest BCUT2D eigenvalue weighted by molar-refractivity contribution is 6.00. The van der Waals surface area contributed by atoms with Gasteiger partial charge in [-0.3, -0.25) is 4.99 Å². The molecule has 3 heterocycles. The summed E-state index contributed by atoms with van der Waals surface area (Å²) in [5, 5.41) is 4.51. The van der Waals surface area contributed by atoms with Gasteiger partial charge in [-0.05, 0) is 23.6 Å². The first-order valence-electron chi connectivity index (χ1n) is 5.48. The topological polar surface area (TPSA) is 50.2 Å². The van der Waals surface area contributed by atoms with Crippen LogP contribution in [0.1, 0.15) is 23.6 Å². The monoisotopic (exact) mass is 210 g/mol. The Bertz CT molecular complexity index is 618. The van der Waals surface area contributed by atoms with Crippen molar-refractivity contribution in [2.45, 2.75) is 12.5 Å². The van der Waals surface area contributed by atoms with Crippen molar-refractivity contribution in [3.05, 3.63) is 29.6 Å². The molecule has 0 fully saturated rings. The highest BCUT2D eigenvalue weighted by atomic mass is 15.0. The second-order valence-electron chi connectivity index (χ2n) is 4.19. The second kappa shape index (κ2) is 2.78. The van der Waals surface area contributed by atoms with Crippen LogP contribution in [0.2, 0.25) is 0 Å². The number of hydrogen-bond donors (Lipinski definition) is 1. The van der Waals surface area contributed by atoms with E-state index in [1.807, 2.05) is 12.3 Å². The fourth-order valence-electron chi connectivity index (χ4n) is 2.59. The van der Waals surface area contributed by atoms with Crippen LogP contribution in [0.4, 0.5) is 5.82 Å². The second-order valence-corrected chi connectivity index (χ2v) is 4.19. The molecule has 1 aromatic carbocycles. The molecule has 1 N–H and O–H groups in total. The fraction of sp³-hybridized carbons (Fsp3) is 0.250. The highest BCUT2D eigenvalue weighted by Gasteiger charge is 2.25. The van der Waals surface area contributed by atoms with Crippen molar-refractivity contribution in [2.24, 2.45) is 4.99 Å². The van der Waals surface area contributed by atoms with Crippen LogP contribution in [0.5, 0.6) is 0 Å². The molecule has 1 aromatic heterocycles. The van der Waals surface area contributed by atoms with Crippen LogP contribution in [0.3, 0.4) is 0 Å². The summed E-state index contributed by atoms with van der Waals surface area (Å²) in [6.07, 6.45) is 4.62. The zero-order valence-corrected chi connectivity index (χ0v) is 8.64. The first-order chi connectivity index (χ1) is 7.93. The van der Waals surface area contributed by atoms with Gasteiger partial charge in [0.1, 0.15) is 12.1 Å². The van der Waals surface area contributed by atoms with E-state index in [1.54, 1.807) is 6.33 Å². The lowest BCUT2D eigenvalue weighted by atomic mass is 9.98. The summed E-state index contributed by atoms with van der Waals surface area (Å²) >= 11 is 0. The molecule has 2 aromatic rings. The molecule has 78 valence electrons. The first-order valence-corrected chi connectivity index (χ1v) is 5.48. The Morgan fingerprint density at radius 1 is 1.25 bits per heavy atom. The molecule has 0 saturated heterocycles. The molecule has 2 aliphatic rings. The maximum atomic E-state index is 4.56. The van der Waals surface area contributed by atoms with Gasteiger partial charge in [0.15, 0.2) is 0 Å². The minimum Gasteiger partial charge on any atom is -0.369 e. The summed E-state index contributed by atoms with van der Waals surface area (Å²) in [4.78, 5) is 13.2. The minimum absolute atomic E-state index is 0.290.